The van der Waals surface area contributed by atoms with Crippen molar-refractivity contribution in [2.45, 2.75) is 12.6 Å². The van der Waals surface area contributed by atoms with Gasteiger partial charge in [-0.25, -0.2) is 8.78 Å². The average Bonchev–Trinajstić information content (AvgIpc) is 2.06. The molecular formula is C7H3BrF5NO. The summed E-state index contributed by atoms with van der Waals surface area (Å²) in [5.74, 6) is 0. The van der Waals surface area contributed by atoms with E-state index in [0.29, 0.717) is 6.20 Å². The van der Waals surface area contributed by atoms with Crippen LogP contribution in [0.4, 0.5) is 22.0 Å². The van der Waals surface area contributed by atoms with Crippen LogP contribution in [0.25, 0.3) is 0 Å². The quantitative estimate of drug-likeness (QED) is 0.793. The van der Waals surface area contributed by atoms with Gasteiger partial charge in [0, 0.05) is 6.20 Å². The molecule has 1 rings (SSSR count). The average molecular weight is 292 g/mol. The van der Waals surface area contributed by atoms with Crippen molar-refractivity contribution in [2.75, 3.05) is 0 Å². The van der Waals surface area contributed by atoms with Crippen molar-refractivity contribution in [3.05, 3.63) is 32.2 Å². The van der Waals surface area contributed by atoms with Gasteiger partial charge in [0.2, 0.25) is 5.43 Å². The number of hydrogen-bond donors (Lipinski definition) is 1. The molecule has 0 aromatic carbocycles. The minimum atomic E-state index is -5.01. The normalized spacial score (nSPS) is 12.2. The molecule has 0 saturated carbocycles. The Bertz CT molecular complexity index is 424. The van der Waals surface area contributed by atoms with Crippen LogP contribution in [0.3, 0.4) is 0 Å². The lowest BCUT2D eigenvalue weighted by molar-refractivity contribution is -0.143. The second kappa shape index (κ2) is 3.92. The zero-order valence-electron chi connectivity index (χ0n) is 6.83. The molecule has 0 unspecified atom stereocenters. The Hall–Kier alpha value is -0.920. The molecule has 0 fully saturated rings. The largest absolute Gasteiger partial charge is 0.431 e. The van der Waals surface area contributed by atoms with E-state index in [1.807, 2.05) is 0 Å². The summed E-state index contributed by atoms with van der Waals surface area (Å²) in [4.78, 5) is 12.6. The van der Waals surface area contributed by atoms with Gasteiger partial charge in [0.25, 0.3) is 6.43 Å². The molecule has 0 aliphatic heterocycles. The first-order valence-corrected chi connectivity index (χ1v) is 4.31. The van der Waals surface area contributed by atoms with E-state index in [2.05, 4.69) is 15.9 Å². The summed E-state index contributed by atoms with van der Waals surface area (Å²) in [6, 6.07) is 0. The summed E-state index contributed by atoms with van der Waals surface area (Å²) in [7, 11) is 0. The van der Waals surface area contributed by atoms with Crippen LogP contribution in [0.15, 0.2) is 15.5 Å². The predicted molar refractivity (Wildman–Crippen MR) is 44.7 cm³/mol. The standard InChI is InChI=1S/C7H3BrF5NO/c8-2-1-14-5(7(11,12)13)3(4(2)15)6(9)10/h1,6H,(H,14,15). The van der Waals surface area contributed by atoms with Gasteiger partial charge >= 0.3 is 6.18 Å². The molecule has 0 aliphatic carbocycles. The van der Waals surface area contributed by atoms with Crippen molar-refractivity contribution in [3.63, 3.8) is 0 Å². The van der Waals surface area contributed by atoms with Crippen LogP contribution >= 0.6 is 15.9 Å². The van der Waals surface area contributed by atoms with Gasteiger partial charge < -0.3 is 4.98 Å². The number of aromatic nitrogens is 1. The van der Waals surface area contributed by atoms with Gasteiger partial charge in [-0.1, -0.05) is 0 Å². The number of hydrogen-bond acceptors (Lipinski definition) is 1. The number of aromatic amines is 1. The van der Waals surface area contributed by atoms with Crippen molar-refractivity contribution in [1.29, 1.82) is 0 Å². The fourth-order valence-corrected chi connectivity index (χ4v) is 1.29. The lowest BCUT2D eigenvalue weighted by Gasteiger charge is -2.11. The Morgan fingerprint density at radius 3 is 2.27 bits per heavy atom. The van der Waals surface area contributed by atoms with E-state index in [1.165, 1.54) is 0 Å². The van der Waals surface area contributed by atoms with E-state index in [9.17, 15) is 26.7 Å². The molecular weight excluding hydrogens is 289 g/mol. The highest BCUT2D eigenvalue weighted by molar-refractivity contribution is 9.10. The molecule has 2 nitrogen and oxygen atoms in total. The third kappa shape index (κ3) is 2.36. The molecule has 0 spiro atoms. The topological polar surface area (TPSA) is 32.9 Å². The Balaban J connectivity index is 3.55. The highest BCUT2D eigenvalue weighted by Gasteiger charge is 2.38. The van der Waals surface area contributed by atoms with Gasteiger partial charge in [-0.2, -0.15) is 13.2 Å². The van der Waals surface area contributed by atoms with Crippen LogP contribution in [-0.2, 0) is 6.18 Å². The van der Waals surface area contributed by atoms with Crippen LogP contribution in [0.5, 0.6) is 0 Å². The second-order valence-electron chi connectivity index (χ2n) is 2.55. The van der Waals surface area contributed by atoms with E-state index in [0.717, 1.165) is 0 Å². The number of rotatable bonds is 1. The number of halogens is 6. The van der Waals surface area contributed by atoms with Crippen LogP contribution in [0.1, 0.15) is 17.7 Å². The van der Waals surface area contributed by atoms with Gasteiger partial charge in [-0.05, 0) is 15.9 Å². The lowest BCUT2D eigenvalue weighted by Crippen LogP contribution is -2.21. The fraction of sp³-hybridized carbons (Fsp3) is 0.286. The van der Waals surface area contributed by atoms with Gasteiger partial charge in [0.15, 0.2) is 0 Å². The van der Waals surface area contributed by atoms with Gasteiger partial charge in [0.05, 0.1) is 10.0 Å². The molecule has 1 heterocycles. The first-order valence-electron chi connectivity index (χ1n) is 3.51. The molecule has 0 saturated heterocycles. The molecule has 0 atom stereocenters. The maximum absolute atomic E-state index is 12.3. The van der Waals surface area contributed by atoms with E-state index in [1.54, 1.807) is 4.98 Å². The zero-order valence-corrected chi connectivity index (χ0v) is 8.42. The number of pyridine rings is 1. The van der Waals surface area contributed by atoms with Crippen LogP contribution in [0, 0.1) is 0 Å². The van der Waals surface area contributed by atoms with Gasteiger partial charge in [-0.3, -0.25) is 4.79 Å². The van der Waals surface area contributed by atoms with Crippen molar-refractivity contribution in [1.82, 2.24) is 4.98 Å². The van der Waals surface area contributed by atoms with E-state index in [-0.39, 0.29) is 4.47 Å². The van der Waals surface area contributed by atoms with E-state index >= 15 is 0 Å². The third-order valence-electron chi connectivity index (χ3n) is 1.58. The fourth-order valence-electron chi connectivity index (χ4n) is 0.964. The zero-order chi connectivity index (χ0) is 11.8. The summed E-state index contributed by atoms with van der Waals surface area (Å²) in [6.07, 6.45) is -7.81. The van der Waals surface area contributed by atoms with Crippen LogP contribution < -0.4 is 5.43 Å². The smallest absolute Gasteiger partial charge is 0.356 e. The third-order valence-corrected chi connectivity index (χ3v) is 2.16. The molecule has 0 bridgehead atoms. The molecule has 1 aromatic heterocycles. The highest BCUT2D eigenvalue weighted by Crippen LogP contribution is 2.33. The molecule has 0 amide bonds. The summed E-state index contributed by atoms with van der Waals surface area (Å²) < 4.78 is 60.8. The molecule has 15 heavy (non-hydrogen) atoms. The van der Waals surface area contributed by atoms with Gasteiger partial charge in [-0.15, -0.1) is 0 Å². The number of alkyl halides is 5. The Morgan fingerprint density at radius 1 is 1.33 bits per heavy atom. The Labute approximate surface area is 88.2 Å². The summed E-state index contributed by atoms with van der Waals surface area (Å²) in [6.45, 7) is 0. The molecule has 0 radical (unpaired) electrons. The van der Waals surface area contributed by atoms with E-state index < -0.39 is 29.3 Å². The first-order chi connectivity index (χ1) is 6.75. The maximum atomic E-state index is 12.3. The molecule has 1 aromatic rings. The number of H-pyrrole nitrogens is 1. The number of nitrogens with one attached hydrogen (secondary N) is 1. The highest BCUT2D eigenvalue weighted by atomic mass is 79.9. The predicted octanol–water partition coefficient (Wildman–Crippen LogP) is 3.09. The Morgan fingerprint density at radius 2 is 1.87 bits per heavy atom. The minimum absolute atomic E-state index is 0.370. The molecule has 0 aliphatic rings. The molecule has 84 valence electrons. The van der Waals surface area contributed by atoms with Crippen molar-refractivity contribution < 1.29 is 22.0 Å². The van der Waals surface area contributed by atoms with Crippen molar-refractivity contribution >= 4 is 15.9 Å². The summed E-state index contributed by atoms with van der Waals surface area (Å²) in [5.41, 5.74) is -4.65. The van der Waals surface area contributed by atoms with E-state index in [4.69, 9.17) is 0 Å². The van der Waals surface area contributed by atoms with Crippen molar-refractivity contribution in [3.8, 4) is 0 Å². The second-order valence-corrected chi connectivity index (χ2v) is 3.41. The first kappa shape index (κ1) is 12.2. The molecule has 8 heteroatoms. The minimum Gasteiger partial charge on any atom is -0.356 e. The van der Waals surface area contributed by atoms with Crippen LogP contribution in [0.2, 0.25) is 0 Å². The SMILES string of the molecule is O=c1c(Br)c[nH]c(C(F)(F)F)c1C(F)F. The maximum Gasteiger partial charge on any atom is 0.431 e. The summed E-state index contributed by atoms with van der Waals surface area (Å²) >= 11 is 2.57. The van der Waals surface area contributed by atoms with Crippen molar-refractivity contribution in [2.24, 2.45) is 0 Å². The summed E-state index contributed by atoms with van der Waals surface area (Å²) in [5, 5.41) is 0. The van der Waals surface area contributed by atoms with Gasteiger partial charge in [0.1, 0.15) is 5.69 Å². The molecule has 1 N–H and O–H groups in total. The van der Waals surface area contributed by atoms with Crippen LogP contribution in [-0.4, -0.2) is 4.98 Å². The monoisotopic (exact) mass is 291 g/mol. The Kier molecular flexibility index (Phi) is 3.17. The lowest BCUT2D eigenvalue weighted by atomic mass is 10.2.